The fourth-order valence-electron chi connectivity index (χ4n) is 7.96. The Morgan fingerprint density at radius 3 is 2.47 bits per heavy atom. The lowest BCUT2D eigenvalue weighted by Gasteiger charge is -2.42. The molecule has 1 aromatic heterocycles. The molecule has 1 aliphatic carbocycles. The Kier molecular flexibility index (Phi) is 8.28. The van der Waals surface area contributed by atoms with Crippen LogP contribution in [0.15, 0.2) is 63.3 Å². The summed E-state index contributed by atoms with van der Waals surface area (Å²) in [4.78, 5) is 58.8. The van der Waals surface area contributed by atoms with Crippen molar-refractivity contribution >= 4 is 29.0 Å². The molecule has 0 radical (unpaired) electrons. The van der Waals surface area contributed by atoms with Gasteiger partial charge in [0.05, 0.1) is 40.1 Å². The van der Waals surface area contributed by atoms with Gasteiger partial charge in [0.15, 0.2) is 17.2 Å². The van der Waals surface area contributed by atoms with E-state index in [4.69, 9.17) is 40.0 Å². The van der Waals surface area contributed by atoms with E-state index in [0.29, 0.717) is 42.4 Å². The molecule has 4 aromatic rings. The molecule has 0 bridgehead atoms. The number of carbonyl (C=O) groups is 2. The Morgan fingerprint density at radius 1 is 0.943 bits per heavy atom. The number of hydrogen-bond acceptors (Lipinski definition) is 11. The molecule has 274 valence electrons. The molecule has 3 aliphatic heterocycles. The number of Topliss-reactive ketones (excluding diaryl/α,β-unsaturated/α-hetero) is 2. The van der Waals surface area contributed by atoms with Gasteiger partial charge < -0.3 is 33.7 Å². The average molecular weight is 742 g/mol. The summed E-state index contributed by atoms with van der Waals surface area (Å²) in [6.07, 6.45) is 1.61. The number of carbonyl (C=O) groups excluding carboxylic acids is 2. The Bertz CT molecular complexity index is 2400. The van der Waals surface area contributed by atoms with E-state index in [2.05, 4.69) is 16.4 Å². The molecule has 14 heteroatoms. The highest BCUT2D eigenvalue weighted by Gasteiger charge is 2.63. The summed E-state index contributed by atoms with van der Waals surface area (Å²) in [6.45, 7) is 2.71. The maximum Gasteiger partial charge on any atom is 0.329 e. The van der Waals surface area contributed by atoms with Crippen LogP contribution in [0.3, 0.4) is 0 Å². The Hall–Kier alpha value is -5.69. The second kappa shape index (κ2) is 12.8. The van der Waals surface area contributed by atoms with Crippen molar-refractivity contribution in [3.05, 3.63) is 107 Å². The standard InChI is InChI=1S/C39H36ClN3O10/c1-18-14-22-29(34(44)39(18)35(45)30-26(49-4)17-27(50-5)32(40)33(30)53-39)28(31-36(41-22)43(2)38(47)42-37(31)46)21-7-9-24(48-3)25(16-21)52-12-10-19-6-8-23-20(15-19)11-13-51-23/h6-9,15-18,28,41H,10-14H2,1-5H3,(H,42,46,47). The highest BCUT2D eigenvalue weighted by atomic mass is 35.5. The van der Waals surface area contributed by atoms with Crippen molar-refractivity contribution in [1.29, 1.82) is 0 Å². The number of ether oxygens (including phenoxy) is 6. The van der Waals surface area contributed by atoms with E-state index in [1.807, 2.05) is 12.1 Å². The smallest absolute Gasteiger partial charge is 0.329 e. The molecule has 0 amide bonds. The zero-order valence-electron chi connectivity index (χ0n) is 29.6. The van der Waals surface area contributed by atoms with E-state index in [-0.39, 0.29) is 51.2 Å². The van der Waals surface area contributed by atoms with Crippen LogP contribution in [0.1, 0.15) is 51.9 Å². The fourth-order valence-corrected chi connectivity index (χ4v) is 8.22. The number of allylic oxidation sites excluding steroid dienone is 1. The number of aromatic nitrogens is 2. The van der Waals surface area contributed by atoms with Crippen molar-refractivity contribution < 1.29 is 38.0 Å². The first-order valence-electron chi connectivity index (χ1n) is 17.1. The van der Waals surface area contributed by atoms with Crippen molar-refractivity contribution in [1.82, 2.24) is 9.55 Å². The Labute approximate surface area is 308 Å². The van der Waals surface area contributed by atoms with Crippen molar-refractivity contribution in [2.45, 2.75) is 37.7 Å². The first kappa shape index (κ1) is 34.4. The van der Waals surface area contributed by atoms with E-state index in [9.17, 15) is 14.4 Å². The van der Waals surface area contributed by atoms with E-state index in [1.165, 1.54) is 39.0 Å². The third-order valence-electron chi connectivity index (χ3n) is 10.7. The van der Waals surface area contributed by atoms with Gasteiger partial charge in [-0.2, -0.15) is 0 Å². The fraction of sp³-hybridized carbons (Fsp3) is 0.333. The molecule has 8 rings (SSSR count). The molecule has 0 saturated heterocycles. The summed E-state index contributed by atoms with van der Waals surface area (Å²) < 4.78 is 36.3. The number of anilines is 1. The van der Waals surface area contributed by atoms with Gasteiger partial charge in [-0.3, -0.25) is 23.9 Å². The van der Waals surface area contributed by atoms with Crippen LogP contribution in [0, 0.1) is 5.92 Å². The predicted molar refractivity (Wildman–Crippen MR) is 194 cm³/mol. The van der Waals surface area contributed by atoms with Gasteiger partial charge in [0.1, 0.15) is 33.7 Å². The van der Waals surface area contributed by atoms with Gasteiger partial charge in [0, 0.05) is 49.1 Å². The zero-order valence-corrected chi connectivity index (χ0v) is 30.4. The lowest BCUT2D eigenvalue weighted by Crippen LogP contribution is -2.58. The van der Waals surface area contributed by atoms with Crippen molar-refractivity contribution in [3.63, 3.8) is 0 Å². The predicted octanol–water partition coefficient (Wildman–Crippen LogP) is 4.74. The summed E-state index contributed by atoms with van der Waals surface area (Å²) in [5, 5.41) is 3.23. The molecule has 3 aromatic carbocycles. The molecule has 53 heavy (non-hydrogen) atoms. The van der Waals surface area contributed by atoms with Gasteiger partial charge in [0.25, 0.3) is 5.56 Å². The molecule has 0 fully saturated rings. The molecule has 3 atom stereocenters. The van der Waals surface area contributed by atoms with Gasteiger partial charge in [-0.1, -0.05) is 36.7 Å². The quantitative estimate of drug-likeness (QED) is 0.241. The van der Waals surface area contributed by atoms with Crippen LogP contribution in [0.4, 0.5) is 5.82 Å². The lowest BCUT2D eigenvalue weighted by molar-refractivity contribution is -0.130. The second-order valence-electron chi connectivity index (χ2n) is 13.5. The molecule has 13 nitrogen and oxygen atoms in total. The van der Waals surface area contributed by atoms with Gasteiger partial charge >= 0.3 is 5.69 Å². The number of nitrogens with one attached hydrogen (secondary N) is 2. The zero-order chi connectivity index (χ0) is 37.3. The number of fused-ring (bicyclic) bond motifs is 3. The summed E-state index contributed by atoms with van der Waals surface area (Å²) in [6, 6.07) is 12.7. The first-order valence-corrected chi connectivity index (χ1v) is 17.5. The Morgan fingerprint density at radius 2 is 1.72 bits per heavy atom. The molecule has 4 aliphatic rings. The third kappa shape index (κ3) is 5.12. The van der Waals surface area contributed by atoms with E-state index in [1.54, 1.807) is 25.1 Å². The normalized spacial score (nSPS) is 20.9. The lowest BCUT2D eigenvalue weighted by atomic mass is 9.66. The molecule has 1 spiro atoms. The monoisotopic (exact) mass is 741 g/mol. The number of ketones is 2. The van der Waals surface area contributed by atoms with Crippen LogP contribution in [-0.2, 0) is 24.7 Å². The maximum absolute atomic E-state index is 15.2. The van der Waals surface area contributed by atoms with Crippen LogP contribution in [0.2, 0.25) is 5.02 Å². The molecular formula is C39H36ClN3O10. The molecule has 3 unspecified atom stereocenters. The van der Waals surface area contributed by atoms with Crippen LogP contribution < -0.4 is 45.0 Å². The van der Waals surface area contributed by atoms with Gasteiger partial charge in [-0.15, -0.1) is 0 Å². The van der Waals surface area contributed by atoms with Gasteiger partial charge in [-0.05, 0) is 41.3 Å². The van der Waals surface area contributed by atoms with Crippen molar-refractivity contribution in [2.24, 2.45) is 13.0 Å². The number of methoxy groups -OCH3 is 3. The van der Waals surface area contributed by atoms with E-state index >= 15 is 4.79 Å². The summed E-state index contributed by atoms with van der Waals surface area (Å²) in [5.41, 5.74) is 0.105. The Balaban J connectivity index is 1.23. The van der Waals surface area contributed by atoms with E-state index in [0.717, 1.165) is 23.3 Å². The third-order valence-corrected chi connectivity index (χ3v) is 11.0. The number of halogens is 1. The highest BCUT2D eigenvalue weighted by Crippen LogP contribution is 2.56. The SMILES string of the molecule is COc1ccc(C2C3=C(CC(C)C4(Oc5c(Cl)c(OC)cc(OC)c5C4=O)C3=O)Nc3c2c(=O)[nH]c(=O)n3C)cc1OCCc1ccc2c(c1)CCO2. The number of hydrogen-bond donors (Lipinski definition) is 2. The second-order valence-corrected chi connectivity index (χ2v) is 13.9. The topological polar surface area (TPSA) is 156 Å². The number of aromatic amines is 1. The highest BCUT2D eigenvalue weighted by molar-refractivity contribution is 6.36. The van der Waals surface area contributed by atoms with Crippen molar-refractivity contribution in [2.75, 3.05) is 39.9 Å². The van der Waals surface area contributed by atoms with Crippen LogP contribution in [0.25, 0.3) is 0 Å². The molecule has 2 N–H and O–H groups in total. The number of nitrogens with zero attached hydrogens (tertiary/aromatic N) is 1. The average Bonchev–Trinajstić information content (AvgIpc) is 3.75. The van der Waals surface area contributed by atoms with Crippen LogP contribution in [0.5, 0.6) is 34.5 Å². The summed E-state index contributed by atoms with van der Waals surface area (Å²) in [5.74, 6) is -0.753. The number of benzene rings is 3. The first-order chi connectivity index (χ1) is 25.5. The minimum atomic E-state index is -2.04. The minimum absolute atomic E-state index is 0.0193. The number of H-pyrrole nitrogens is 1. The van der Waals surface area contributed by atoms with Crippen molar-refractivity contribution in [3.8, 4) is 34.5 Å². The van der Waals surface area contributed by atoms with Gasteiger partial charge in [-0.25, -0.2) is 4.79 Å². The van der Waals surface area contributed by atoms with Gasteiger partial charge in [0.2, 0.25) is 17.2 Å². The van der Waals surface area contributed by atoms with E-state index < -0.39 is 40.3 Å². The number of rotatable bonds is 8. The van der Waals surface area contributed by atoms with Crippen LogP contribution in [-0.4, -0.2) is 61.3 Å². The van der Waals surface area contributed by atoms with Crippen LogP contribution >= 0.6 is 11.6 Å². The molecule has 0 saturated carbocycles. The maximum atomic E-state index is 15.2. The largest absolute Gasteiger partial charge is 0.496 e. The summed E-state index contributed by atoms with van der Waals surface area (Å²) >= 11 is 6.68. The summed E-state index contributed by atoms with van der Waals surface area (Å²) in [7, 11) is 5.86. The molecular weight excluding hydrogens is 706 g/mol. The molecule has 4 heterocycles. The minimum Gasteiger partial charge on any atom is -0.496 e.